The predicted molar refractivity (Wildman–Crippen MR) is 300 cm³/mol. The van der Waals surface area contributed by atoms with Crippen molar-refractivity contribution in [2.24, 2.45) is 0 Å². The zero-order chi connectivity index (χ0) is 48.7. The average Bonchev–Trinajstić information content (AvgIpc) is 4.02. The highest BCUT2D eigenvalue weighted by Gasteiger charge is 2.25. The van der Waals surface area contributed by atoms with Crippen molar-refractivity contribution < 1.29 is 4.42 Å². The number of hydrogen-bond acceptors (Lipinski definition) is 4. The van der Waals surface area contributed by atoms with E-state index in [2.05, 4.69) is 174 Å². The lowest BCUT2D eigenvalue weighted by Crippen LogP contribution is -2.00. The van der Waals surface area contributed by atoms with Crippen molar-refractivity contribution in [2.75, 3.05) is 0 Å². The van der Waals surface area contributed by atoms with Crippen molar-refractivity contribution >= 4 is 65.3 Å². The highest BCUT2D eigenvalue weighted by atomic mass is 16.3. The Morgan fingerprint density at radius 1 is 0.300 bits per heavy atom. The summed E-state index contributed by atoms with van der Waals surface area (Å²) in [4.78, 5) is 15.3. The summed E-state index contributed by atoms with van der Waals surface area (Å²) in [5.41, 5.74) is 12.3. The van der Waals surface area contributed by atoms with Crippen LogP contribution >= 0.6 is 0 Å². The monoisotopic (exact) mass is 910 g/mol. The van der Waals surface area contributed by atoms with Crippen LogP contribution in [-0.4, -0.2) is 19.5 Å². The van der Waals surface area contributed by atoms with E-state index in [1.54, 1.807) is 0 Å². The fourth-order valence-electron chi connectivity index (χ4n) is 9.70. The van der Waals surface area contributed by atoms with Gasteiger partial charge in [-0.15, -0.1) is 0 Å². The van der Waals surface area contributed by atoms with Gasteiger partial charge in [0.25, 0.3) is 0 Å². The number of fused-ring (bicyclic) bond motifs is 6. The van der Waals surface area contributed by atoms with Crippen LogP contribution in [0.2, 0.25) is 0 Å². The molecule has 5 nitrogen and oxygen atoms in total. The average molecular weight is 911 g/mol. The van der Waals surface area contributed by atoms with Gasteiger partial charge in [-0.05, 0) is 74.8 Å². The fraction of sp³-hybridized carbons (Fsp3) is 0.123. The van der Waals surface area contributed by atoms with Gasteiger partial charge < -0.3 is 8.98 Å². The fourth-order valence-corrected chi connectivity index (χ4v) is 9.70. The van der Waals surface area contributed by atoms with Crippen molar-refractivity contribution in [1.82, 2.24) is 19.5 Å². The molecule has 0 fully saturated rings. The molecule has 0 saturated carbocycles. The Hall–Kier alpha value is -8.41. The maximum atomic E-state index is 6.93. The van der Waals surface area contributed by atoms with Gasteiger partial charge in [0.1, 0.15) is 11.2 Å². The molecule has 0 N–H and O–H groups in total. The van der Waals surface area contributed by atoms with Gasteiger partial charge in [-0.2, -0.15) is 0 Å². The quantitative estimate of drug-likeness (QED) is 0.156. The Morgan fingerprint density at radius 2 is 0.757 bits per heavy atom. The van der Waals surface area contributed by atoms with Gasteiger partial charge in [0.2, 0.25) is 0 Å². The van der Waals surface area contributed by atoms with E-state index >= 15 is 0 Å². The van der Waals surface area contributed by atoms with E-state index in [-0.39, 0.29) is 0 Å². The summed E-state index contributed by atoms with van der Waals surface area (Å²) in [6.45, 7) is 16.0. The van der Waals surface area contributed by atoms with Gasteiger partial charge >= 0.3 is 0 Å². The third-order valence-electron chi connectivity index (χ3n) is 12.4. The van der Waals surface area contributed by atoms with Crippen LogP contribution in [0.25, 0.3) is 127 Å². The third-order valence-corrected chi connectivity index (χ3v) is 12.4. The topological polar surface area (TPSA) is 56.7 Å². The first kappa shape index (κ1) is 46.7. The second kappa shape index (κ2) is 20.8. The molecule has 0 bridgehead atoms. The van der Waals surface area contributed by atoms with Gasteiger partial charge in [-0.1, -0.05) is 225 Å². The van der Waals surface area contributed by atoms with Crippen LogP contribution in [-0.2, 0) is 0 Å². The Kier molecular flexibility index (Phi) is 13.9. The summed E-state index contributed by atoms with van der Waals surface area (Å²) in [6.07, 6.45) is 0. The minimum Gasteiger partial charge on any atom is -0.455 e. The van der Waals surface area contributed by atoms with E-state index in [9.17, 15) is 0 Å². The first-order chi connectivity index (χ1) is 34.8. The molecular weight excluding hydrogens is 853 g/mol. The largest absolute Gasteiger partial charge is 0.455 e. The second-order valence-electron chi connectivity index (χ2n) is 15.9. The maximum absolute atomic E-state index is 6.93. The summed E-state index contributed by atoms with van der Waals surface area (Å²) < 4.78 is 9.34. The molecule has 3 heterocycles. The molecule has 13 rings (SSSR count). The van der Waals surface area contributed by atoms with E-state index < -0.39 is 0 Å². The van der Waals surface area contributed by atoms with Crippen LogP contribution in [0, 0.1) is 0 Å². The number of rotatable bonds is 6. The zero-order valence-electron chi connectivity index (χ0n) is 41.3. The number of aromatic nitrogens is 4. The normalized spacial score (nSPS) is 10.9. The van der Waals surface area contributed by atoms with Gasteiger partial charge in [0.15, 0.2) is 17.5 Å². The van der Waals surface area contributed by atoms with Crippen molar-refractivity contribution in [2.45, 2.75) is 55.4 Å². The van der Waals surface area contributed by atoms with Crippen LogP contribution in [0.4, 0.5) is 0 Å². The third kappa shape index (κ3) is 8.03. The lowest BCUT2D eigenvalue weighted by atomic mass is 9.88. The van der Waals surface area contributed by atoms with Crippen molar-refractivity contribution in [3.05, 3.63) is 206 Å². The summed E-state index contributed by atoms with van der Waals surface area (Å²) in [7, 11) is 0. The van der Waals surface area contributed by atoms with Crippen molar-refractivity contribution in [3.8, 4) is 62.1 Å². The highest BCUT2D eigenvalue weighted by Crippen LogP contribution is 2.49. The smallest absolute Gasteiger partial charge is 0.167 e. The Balaban J connectivity index is 0.000000726. The molecule has 0 aliphatic heterocycles. The molecule has 0 amide bonds. The highest BCUT2D eigenvalue weighted by molar-refractivity contribution is 6.37. The number of furan rings is 1. The molecule has 70 heavy (non-hydrogen) atoms. The molecule has 13 aromatic rings. The minimum atomic E-state index is 0.555. The summed E-state index contributed by atoms with van der Waals surface area (Å²) in [5.74, 6) is 1.76. The molecule has 344 valence electrons. The van der Waals surface area contributed by atoms with Crippen LogP contribution < -0.4 is 0 Å². The van der Waals surface area contributed by atoms with E-state index in [0.29, 0.717) is 17.5 Å². The number of nitrogens with zero attached hydrogens (tertiary/aromatic N) is 4. The van der Waals surface area contributed by atoms with Gasteiger partial charge in [-0.3, -0.25) is 0 Å². The summed E-state index contributed by atoms with van der Waals surface area (Å²) in [5, 5.41) is 9.59. The van der Waals surface area contributed by atoms with Gasteiger partial charge in [0, 0.05) is 43.7 Å². The van der Waals surface area contributed by atoms with Crippen molar-refractivity contribution in [1.29, 1.82) is 0 Å². The van der Waals surface area contributed by atoms with Crippen LogP contribution in [0.1, 0.15) is 55.4 Å². The standard InChI is InChI=1S/C57H34N4O.4C2H6/c1-4-15-35(16-5-1)36-29-31-38(32-30-36)56-58-55(37-17-6-2-7-18-37)59-57(60-56)46-26-12-25-45-50-43(24-14-28-49(50)62-54(45)46)44-33-34-48-53-51(44)41-22-11-10-21-40(41)42-23-13-27-47(52(42)53)61(48)39-19-8-3-9-20-39;4*1-2/h1-34H;4*1-2H3. The summed E-state index contributed by atoms with van der Waals surface area (Å²) >= 11 is 0. The van der Waals surface area contributed by atoms with Gasteiger partial charge in [-0.25, -0.2) is 15.0 Å². The zero-order valence-corrected chi connectivity index (χ0v) is 41.3. The minimum absolute atomic E-state index is 0.555. The maximum Gasteiger partial charge on any atom is 0.167 e. The molecule has 0 radical (unpaired) electrons. The SMILES string of the molecule is CC.CC.CC.CC.c1ccc(-c2ccc(-c3nc(-c4ccccc4)nc(-c4cccc5c4oc4cccc(-c6ccc7c8c6c6ccccc6c6cccc(c68)n7-c6ccccc6)c45)n3)cc2)cc1. The first-order valence-electron chi connectivity index (χ1n) is 24.9. The number of hydrogen-bond donors (Lipinski definition) is 0. The molecule has 0 aliphatic rings. The molecule has 0 unspecified atom stereocenters. The second-order valence-corrected chi connectivity index (χ2v) is 15.9. The van der Waals surface area contributed by atoms with Crippen LogP contribution in [0.3, 0.4) is 0 Å². The molecule has 0 spiro atoms. The number of para-hydroxylation sites is 2. The molecule has 5 heteroatoms. The Bertz CT molecular complexity index is 3840. The molecule has 3 aromatic heterocycles. The first-order valence-corrected chi connectivity index (χ1v) is 24.9. The lowest BCUT2D eigenvalue weighted by Gasteiger charge is -2.14. The lowest BCUT2D eigenvalue weighted by molar-refractivity contribution is 0.669. The Morgan fingerprint density at radius 3 is 1.44 bits per heavy atom. The van der Waals surface area contributed by atoms with Crippen LogP contribution in [0.15, 0.2) is 211 Å². The van der Waals surface area contributed by atoms with E-state index in [1.165, 1.54) is 43.4 Å². The van der Waals surface area contributed by atoms with Crippen molar-refractivity contribution in [3.63, 3.8) is 0 Å². The molecule has 0 atom stereocenters. The molecule has 0 aliphatic carbocycles. The van der Waals surface area contributed by atoms with E-state index in [0.717, 1.165) is 66.6 Å². The predicted octanol–water partition coefficient (Wildman–Crippen LogP) is 19.1. The molecule has 0 saturated heterocycles. The van der Waals surface area contributed by atoms with E-state index in [4.69, 9.17) is 19.4 Å². The molecule has 10 aromatic carbocycles. The Labute approximate surface area is 411 Å². The molecular formula is C65H58N4O. The number of benzene rings is 10. The van der Waals surface area contributed by atoms with Gasteiger partial charge in [0.05, 0.1) is 16.6 Å². The van der Waals surface area contributed by atoms with Crippen LogP contribution in [0.5, 0.6) is 0 Å². The summed E-state index contributed by atoms with van der Waals surface area (Å²) in [6, 6.07) is 72.5. The van der Waals surface area contributed by atoms with E-state index in [1.807, 2.05) is 91.8 Å².